The molecule has 0 atom stereocenters. The van der Waals surface area contributed by atoms with Gasteiger partial charge in [-0.25, -0.2) is 4.98 Å². The molecular formula is C25H28N4O3. The maximum Gasteiger partial charge on any atom is 0.258 e. The number of hydrogen-bond acceptors (Lipinski definition) is 6. The molecule has 4 rings (SSSR count). The van der Waals surface area contributed by atoms with E-state index < -0.39 is 0 Å². The molecule has 0 unspecified atom stereocenters. The standard InChI is InChI=1S/C25H28N4O3/c1-18-8-9-22(19(2)16-18)32-25-21(17-27-23(28-25)20-6-4-3-5-7-20)24(30)26-10-11-29-12-14-31-15-13-29/h3-9,16-17H,10-15H2,1-2H3,(H,26,30). The van der Waals surface area contributed by atoms with E-state index in [0.29, 0.717) is 23.7 Å². The Labute approximate surface area is 188 Å². The third-order valence-corrected chi connectivity index (χ3v) is 5.38. The Morgan fingerprint density at radius 1 is 1.12 bits per heavy atom. The third kappa shape index (κ3) is 5.49. The molecule has 0 aliphatic carbocycles. The Morgan fingerprint density at radius 3 is 2.66 bits per heavy atom. The molecule has 32 heavy (non-hydrogen) atoms. The van der Waals surface area contributed by atoms with Gasteiger partial charge in [-0.3, -0.25) is 9.69 Å². The van der Waals surface area contributed by atoms with Gasteiger partial charge in [0.15, 0.2) is 5.82 Å². The highest BCUT2D eigenvalue weighted by atomic mass is 16.5. The number of benzene rings is 2. The molecule has 0 radical (unpaired) electrons. The van der Waals surface area contributed by atoms with Crippen LogP contribution >= 0.6 is 0 Å². The summed E-state index contributed by atoms with van der Waals surface area (Å²) in [5, 5.41) is 2.97. The summed E-state index contributed by atoms with van der Waals surface area (Å²) in [6.45, 7) is 8.53. The lowest BCUT2D eigenvalue weighted by atomic mass is 10.1. The first-order valence-electron chi connectivity index (χ1n) is 10.9. The van der Waals surface area contributed by atoms with Gasteiger partial charge in [-0.15, -0.1) is 0 Å². The van der Waals surface area contributed by atoms with Gasteiger partial charge in [0.25, 0.3) is 5.91 Å². The molecule has 2 heterocycles. The van der Waals surface area contributed by atoms with Crippen molar-refractivity contribution >= 4 is 5.91 Å². The second kappa shape index (κ2) is 10.3. The monoisotopic (exact) mass is 432 g/mol. The molecule has 0 bridgehead atoms. The number of morpholine rings is 1. The zero-order chi connectivity index (χ0) is 22.3. The molecule has 0 spiro atoms. The Kier molecular flexibility index (Phi) is 7.09. The normalized spacial score (nSPS) is 14.2. The zero-order valence-electron chi connectivity index (χ0n) is 18.5. The molecule has 1 aromatic heterocycles. The van der Waals surface area contributed by atoms with E-state index in [4.69, 9.17) is 9.47 Å². The first-order chi connectivity index (χ1) is 15.6. The molecular weight excluding hydrogens is 404 g/mol. The summed E-state index contributed by atoms with van der Waals surface area (Å²) < 4.78 is 11.5. The van der Waals surface area contributed by atoms with Crippen LogP contribution in [0.3, 0.4) is 0 Å². The van der Waals surface area contributed by atoms with Crippen molar-refractivity contribution in [1.29, 1.82) is 0 Å². The maximum absolute atomic E-state index is 13.0. The van der Waals surface area contributed by atoms with Crippen molar-refractivity contribution in [1.82, 2.24) is 20.2 Å². The fourth-order valence-corrected chi connectivity index (χ4v) is 3.59. The molecule has 1 N–H and O–H groups in total. The van der Waals surface area contributed by atoms with Crippen LogP contribution in [0, 0.1) is 13.8 Å². The van der Waals surface area contributed by atoms with Crippen LogP contribution in [0.4, 0.5) is 0 Å². The van der Waals surface area contributed by atoms with Gasteiger partial charge in [0.1, 0.15) is 11.3 Å². The number of nitrogens with one attached hydrogen (secondary N) is 1. The van der Waals surface area contributed by atoms with Crippen LogP contribution in [0.2, 0.25) is 0 Å². The summed E-state index contributed by atoms with van der Waals surface area (Å²) in [7, 11) is 0. The number of amides is 1. The summed E-state index contributed by atoms with van der Waals surface area (Å²) in [4.78, 5) is 24.3. The van der Waals surface area contributed by atoms with Crippen molar-refractivity contribution in [2.45, 2.75) is 13.8 Å². The Bertz CT molecular complexity index is 1070. The van der Waals surface area contributed by atoms with Crippen LogP contribution in [0.1, 0.15) is 21.5 Å². The number of nitrogens with zero attached hydrogens (tertiary/aromatic N) is 3. The molecule has 1 aliphatic heterocycles. The van der Waals surface area contributed by atoms with E-state index in [9.17, 15) is 4.79 Å². The van der Waals surface area contributed by atoms with Crippen molar-refractivity contribution in [2.24, 2.45) is 0 Å². The van der Waals surface area contributed by atoms with Crippen LogP contribution in [0.15, 0.2) is 54.7 Å². The Hall–Kier alpha value is -3.29. The van der Waals surface area contributed by atoms with Crippen molar-refractivity contribution in [3.05, 3.63) is 71.4 Å². The van der Waals surface area contributed by atoms with Gasteiger partial charge in [-0.2, -0.15) is 4.98 Å². The lowest BCUT2D eigenvalue weighted by Gasteiger charge is -2.26. The zero-order valence-corrected chi connectivity index (χ0v) is 18.5. The van der Waals surface area contributed by atoms with Crippen LogP contribution in [-0.2, 0) is 4.74 Å². The van der Waals surface area contributed by atoms with Gasteiger partial charge in [0.05, 0.1) is 13.2 Å². The molecule has 166 valence electrons. The number of rotatable bonds is 7. The lowest BCUT2D eigenvalue weighted by molar-refractivity contribution is 0.0383. The van der Waals surface area contributed by atoms with Gasteiger partial charge in [-0.1, -0.05) is 48.0 Å². The summed E-state index contributed by atoms with van der Waals surface area (Å²) in [6, 6.07) is 15.6. The van der Waals surface area contributed by atoms with Gasteiger partial charge in [0.2, 0.25) is 5.88 Å². The predicted molar refractivity (Wildman–Crippen MR) is 123 cm³/mol. The number of ether oxygens (including phenoxy) is 2. The number of aryl methyl sites for hydroxylation is 2. The van der Waals surface area contributed by atoms with Gasteiger partial charge in [-0.05, 0) is 25.5 Å². The highest BCUT2D eigenvalue weighted by Gasteiger charge is 2.19. The number of carbonyl (C=O) groups excluding carboxylic acids is 1. The van der Waals surface area contributed by atoms with E-state index in [1.165, 1.54) is 6.20 Å². The predicted octanol–water partition coefficient (Wildman–Crippen LogP) is 3.61. The number of aromatic nitrogens is 2. The summed E-state index contributed by atoms with van der Waals surface area (Å²) in [6.07, 6.45) is 1.54. The van der Waals surface area contributed by atoms with Crippen molar-refractivity contribution in [2.75, 3.05) is 39.4 Å². The SMILES string of the molecule is Cc1ccc(Oc2nc(-c3ccccc3)ncc2C(=O)NCCN2CCOCC2)c(C)c1. The van der Waals surface area contributed by atoms with Gasteiger partial charge < -0.3 is 14.8 Å². The molecule has 1 saturated heterocycles. The van der Waals surface area contributed by atoms with Crippen LogP contribution in [0.5, 0.6) is 11.6 Å². The molecule has 7 heteroatoms. The largest absolute Gasteiger partial charge is 0.438 e. The molecule has 3 aromatic rings. The van der Waals surface area contributed by atoms with E-state index >= 15 is 0 Å². The topological polar surface area (TPSA) is 76.6 Å². The minimum Gasteiger partial charge on any atom is -0.438 e. The minimum absolute atomic E-state index is 0.245. The third-order valence-electron chi connectivity index (χ3n) is 5.38. The summed E-state index contributed by atoms with van der Waals surface area (Å²) in [5.74, 6) is 1.17. The fourth-order valence-electron chi connectivity index (χ4n) is 3.59. The molecule has 2 aromatic carbocycles. The van der Waals surface area contributed by atoms with Gasteiger partial charge in [0, 0.05) is 37.9 Å². The fraction of sp³-hybridized carbons (Fsp3) is 0.320. The molecule has 1 amide bonds. The highest BCUT2D eigenvalue weighted by molar-refractivity contribution is 5.96. The van der Waals surface area contributed by atoms with E-state index in [0.717, 1.165) is 49.5 Å². The average Bonchev–Trinajstić information content (AvgIpc) is 2.82. The summed E-state index contributed by atoms with van der Waals surface area (Å²) in [5.41, 5.74) is 3.29. The van der Waals surface area contributed by atoms with E-state index in [1.807, 2.05) is 62.4 Å². The summed E-state index contributed by atoms with van der Waals surface area (Å²) >= 11 is 0. The second-order valence-corrected chi connectivity index (χ2v) is 7.86. The smallest absolute Gasteiger partial charge is 0.258 e. The maximum atomic E-state index is 13.0. The lowest BCUT2D eigenvalue weighted by Crippen LogP contribution is -2.41. The molecule has 7 nitrogen and oxygen atoms in total. The Balaban J connectivity index is 1.56. The quantitative estimate of drug-likeness (QED) is 0.615. The van der Waals surface area contributed by atoms with Crippen LogP contribution < -0.4 is 10.1 Å². The van der Waals surface area contributed by atoms with Gasteiger partial charge >= 0.3 is 0 Å². The van der Waals surface area contributed by atoms with Crippen LogP contribution in [0.25, 0.3) is 11.4 Å². The first kappa shape index (κ1) is 21.9. The average molecular weight is 433 g/mol. The van der Waals surface area contributed by atoms with E-state index in [-0.39, 0.29) is 11.8 Å². The number of carbonyl (C=O) groups is 1. The highest BCUT2D eigenvalue weighted by Crippen LogP contribution is 2.28. The second-order valence-electron chi connectivity index (χ2n) is 7.86. The van der Waals surface area contributed by atoms with Crippen molar-refractivity contribution in [3.8, 4) is 23.0 Å². The van der Waals surface area contributed by atoms with Crippen molar-refractivity contribution in [3.63, 3.8) is 0 Å². The minimum atomic E-state index is -0.252. The number of hydrogen-bond donors (Lipinski definition) is 1. The molecule has 1 fully saturated rings. The van der Waals surface area contributed by atoms with E-state index in [1.54, 1.807) is 0 Å². The van der Waals surface area contributed by atoms with E-state index in [2.05, 4.69) is 20.2 Å². The van der Waals surface area contributed by atoms with Crippen molar-refractivity contribution < 1.29 is 14.3 Å². The first-order valence-corrected chi connectivity index (χ1v) is 10.9. The molecule has 0 saturated carbocycles. The Morgan fingerprint density at radius 2 is 1.91 bits per heavy atom. The molecule has 1 aliphatic rings. The van der Waals surface area contributed by atoms with Crippen LogP contribution in [-0.4, -0.2) is 60.2 Å².